The van der Waals surface area contributed by atoms with E-state index in [-0.39, 0.29) is 16.0 Å². The highest BCUT2D eigenvalue weighted by Gasteiger charge is 2.42. The lowest BCUT2D eigenvalue weighted by molar-refractivity contribution is -0.137. The van der Waals surface area contributed by atoms with Gasteiger partial charge in [0, 0.05) is 0 Å². The first kappa shape index (κ1) is 16.5. The number of hydrogen-bond donors (Lipinski definition) is 0. The fourth-order valence-electron chi connectivity index (χ4n) is 2.69. The molecule has 4 nitrogen and oxygen atoms in total. The molecule has 0 N–H and O–H groups in total. The number of alkyl halides is 3. The maximum Gasteiger partial charge on any atom is 0.416 e. The van der Waals surface area contributed by atoms with Crippen molar-refractivity contribution in [2.24, 2.45) is 0 Å². The van der Waals surface area contributed by atoms with Gasteiger partial charge in [0.1, 0.15) is 4.90 Å². The minimum absolute atomic E-state index is 0.0435. The van der Waals surface area contributed by atoms with Gasteiger partial charge in [0.05, 0.1) is 17.7 Å². The van der Waals surface area contributed by atoms with Crippen LogP contribution >= 0.6 is 0 Å². The summed E-state index contributed by atoms with van der Waals surface area (Å²) in [7, 11) is -4.07. The number of nitrogens with zero attached hydrogens (tertiary/aromatic N) is 1. The smallest absolute Gasteiger partial charge is 0.268 e. The van der Waals surface area contributed by atoms with Crippen LogP contribution in [-0.4, -0.2) is 18.6 Å². The number of carbonyl (C=O) groups excluding carboxylic acids is 1. The predicted molar refractivity (Wildman–Crippen MR) is 79.7 cm³/mol. The van der Waals surface area contributed by atoms with E-state index in [0.717, 1.165) is 12.1 Å². The van der Waals surface area contributed by atoms with Crippen LogP contribution in [-0.2, 0) is 22.7 Å². The van der Waals surface area contributed by atoms with E-state index in [1.165, 1.54) is 18.2 Å². The molecule has 1 heterocycles. The Balaban J connectivity index is 2.01. The number of sulfonamides is 1. The van der Waals surface area contributed by atoms with Gasteiger partial charge in [-0.25, -0.2) is 12.7 Å². The number of halogens is 3. The van der Waals surface area contributed by atoms with Gasteiger partial charge in [0.15, 0.2) is 0 Å². The van der Waals surface area contributed by atoms with E-state index in [0.29, 0.717) is 9.87 Å². The van der Waals surface area contributed by atoms with Crippen molar-refractivity contribution < 1.29 is 26.4 Å². The van der Waals surface area contributed by atoms with Crippen molar-refractivity contribution in [1.29, 1.82) is 0 Å². The van der Waals surface area contributed by atoms with Crippen LogP contribution in [0.2, 0.25) is 0 Å². The van der Waals surface area contributed by atoms with Gasteiger partial charge in [-0.2, -0.15) is 13.2 Å². The average molecular weight is 355 g/mol. The van der Waals surface area contributed by atoms with Crippen LogP contribution in [0.25, 0.3) is 0 Å². The molecule has 0 radical (unpaired) electrons. The number of hydrogen-bond acceptors (Lipinski definition) is 3. The molecule has 0 aromatic heterocycles. The van der Waals surface area contributed by atoms with Crippen molar-refractivity contribution in [3.05, 3.63) is 64.7 Å². The lowest BCUT2D eigenvalue weighted by atomic mass is 10.1. The Morgan fingerprint density at radius 3 is 2.38 bits per heavy atom. The highest BCUT2D eigenvalue weighted by atomic mass is 32.2. The minimum Gasteiger partial charge on any atom is -0.268 e. The molecule has 24 heavy (non-hydrogen) atoms. The summed E-state index contributed by atoms with van der Waals surface area (Å²) in [5, 5.41) is 0. The third-order valence-electron chi connectivity index (χ3n) is 3.80. The number of rotatable bonds is 2. The van der Waals surface area contributed by atoms with Crippen molar-refractivity contribution in [1.82, 2.24) is 4.31 Å². The molecule has 0 bridgehead atoms. The molecule has 1 aliphatic rings. The number of aryl methyl sites for hydroxylation is 1. The van der Waals surface area contributed by atoms with E-state index < -0.39 is 34.2 Å². The largest absolute Gasteiger partial charge is 0.416 e. The fourth-order valence-corrected chi connectivity index (χ4v) is 4.45. The van der Waals surface area contributed by atoms with Gasteiger partial charge in [0.25, 0.3) is 15.9 Å². The number of carbonyl (C=O) groups is 1. The monoisotopic (exact) mass is 355 g/mol. The SMILES string of the molecule is Cc1cccc2c1S(=O)(=O)N(Cc1cccc(C(F)(F)F)c1)C2=O. The molecular weight excluding hydrogens is 343 g/mol. The molecule has 126 valence electrons. The zero-order valence-electron chi connectivity index (χ0n) is 12.5. The lowest BCUT2D eigenvalue weighted by Crippen LogP contribution is -2.29. The summed E-state index contributed by atoms with van der Waals surface area (Å²) in [5.74, 6) is -0.730. The molecule has 1 aliphatic heterocycles. The van der Waals surface area contributed by atoms with Gasteiger partial charge in [-0.05, 0) is 36.2 Å². The summed E-state index contributed by atoms with van der Waals surface area (Å²) in [6.45, 7) is 1.12. The molecule has 0 aliphatic carbocycles. The maximum atomic E-state index is 12.8. The second-order valence-corrected chi connectivity index (χ2v) is 7.27. The number of fused-ring (bicyclic) bond motifs is 1. The van der Waals surface area contributed by atoms with Crippen molar-refractivity contribution in [2.45, 2.75) is 24.5 Å². The zero-order valence-corrected chi connectivity index (χ0v) is 13.3. The Morgan fingerprint density at radius 1 is 1.08 bits per heavy atom. The molecule has 2 aromatic rings. The van der Waals surface area contributed by atoms with Gasteiger partial charge >= 0.3 is 6.18 Å². The van der Waals surface area contributed by atoms with Gasteiger partial charge in [0.2, 0.25) is 0 Å². The van der Waals surface area contributed by atoms with E-state index in [9.17, 15) is 26.4 Å². The molecule has 0 saturated heterocycles. The topological polar surface area (TPSA) is 54.5 Å². The van der Waals surface area contributed by atoms with E-state index in [1.54, 1.807) is 19.1 Å². The predicted octanol–water partition coefficient (Wildman–Crippen LogP) is 3.36. The van der Waals surface area contributed by atoms with Crippen molar-refractivity contribution >= 4 is 15.9 Å². The van der Waals surface area contributed by atoms with Gasteiger partial charge in [-0.1, -0.05) is 24.3 Å². The molecule has 0 fully saturated rings. The Hall–Kier alpha value is -2.35. The molecular formula is C16H12F3NO3S. The third-order valence-corrected chi connectivity index (χ3v) is 5.73. The van der Waals surface area contributed by atoms with Crippen molar-refractivity contribution in [2.75, 3.05) is 0 Å². The van der Waals surface area contributed by atoms with Crippen LogP contribution < -0.4 is 0 Å². The zero-order chi connectivity index (χ0) is 17.7. The first-order valence-electron chi connectivity index (χ1n) is 6.95. The molecule has 3 rings (SSSR count). The molecule has 2 aromatic carbocycles. The Labute approximate surface area is 136 Å². The number of benzene rings is 2. The second kappa shape index (κ2) is 5.34. The molecule has 8 heteroatoms. The summed E-state index contributed by atoms with van der Waals surface area (Å²) in [6, 6.07) is 8.81. The molecule has 0 spiro atoms. The Morgan fingerprint density at radius 2 is 1.75 bits per heavy atom. The minimum atomic E-state index is -4.54. The summed E-state index contributed by atoms with van der Waals surface area (Å²) in [4.78, 5) is 12.3. The fraction of sp³-hybridized carbons (Fsp3) is 0.188. The second-order valence-electron chi connectivity index (χ2n) is 5.47. The van der Waals surface area contributed by atoms with Crippen LogP contribution in [0, 0.1) is 6.92 Å². The summed E-state index contributed by atoms with van der Waals surface area (Å²) in [6.07, 6.45) is -4.54. The van der Waals surface area contributed by atoms with Crippen molar-refractivity contribution in [3.63, 3.8) is 0 Å². The average Bonchev–Trinajstić information content (AvgIpc) is 2.69. The first-order valence-corrected chi connectivity index (χ1v) is 8.39. The van der Waals surface area contributed by atoms with Crippen LogP contribution in [0.5, 0.6) is 0 Å². The van der Waals surface area contributed by atoms with Crippen LogP contribution in [0.1, 0.15) is 27.0 Å². The van der Waals surface area contributed by atoms with E-state index in [1.807, 2.05) is 0 Å². The van der Waals surface area contributed by atoms with E-state index in [2.05, 4.69) is 0 Å². The van der Waals surface area contributed by atoms with E-state index >= 15 is 0 Å². The van der Waals surface area contributed by atoms with Crippen LogP contribution in [0.4, 0.5) is 13.2 Å². The maximum absolute atomic E-state index is 12.8. The van der Waals surface area contributed by atoms with Crippen LogP contribution in [0.3, 0.4) is 0 Å². The quantitative estimate of drug-likeness (QED) is 0.830. The Bertz CT molecular complexity index is 936. The van der Waals surface area contributed by atoms with Gasteiger partial charge in [-0.15, -0.1) is 0 Å². The molecule has 0 unspecified atom stereocenters. The normalized spacial score (nSPS) is 16.3. The van der Waals surface area contributed by atoms with Gasteiger partial charge < -0.3 is 0 Å². The lowest BCUT2D eigenvalue weighted by Gasteiger charge is -2.16. The van der Waals surface area contributed by atoms with Gasteiger partial charge in [-0.3, -0.25) is 4.79 Å². The van der Waals surface area contributed by atoms with E-state index in [4.69, 9.17) is 0 Å². The number of amides is 1. The molecule has 0 atom stereocenters. The summed E-state index contributed by atoms with van der Waals surface area (Å²) in [5.41, 5.74) is -0.334. The summed E-state index contributed by atoms with van der Waals surface area (Å²) < 4.78 is 64.1. The van der Waals surface area contributed by atoms with Crippen LogP contribution in [0.15, 0.2) is 47.4 Å². The summed E-state index contributed by atoms with van der Waals surface area (Å²) >= 11 is 0. The standard InChI is InChI=1S/C16H12F3NO3S/c1-10-4-2-7-13-14(10)24(22,23)20(15(13)21)9-11-5-3-6-12(8-11)16(17,18)19/h2-8H,9H2,1H3. The highest BCUT2D eigenvalue weighted by molar-refractivity contribution is 7.90. The Kier molecular flexibility index (Phi) is 3.67. The van der Waals surface area contributed by atoms with Crippen molar-refractivity contribution in [3.8, 4) is 0 Å². The third kappa shape index (κ3) is 2.56. The molecule has 0 saturated carbocycles. The first-order chi connectivity index (χ1) is 11.1. The molecule has 1 amide bonds. The highest BCUT2D eigenvalue weighted by Crippen LogP contribution is 2.35.